The van der Waals surface area contributed by atoms with Gasteiger partial charge >= 0.3 is 12.1 Å². The van der Waals surface area contributed by atoms with E-state index >= 15 is 0 Å². The fraction of sp³-hybridized carbons (Fsp3) is 0.500. The Morgan fingerprint density at radius 2 is 1.92 bits per heavy atom. The van der Waals surface area contributed by atoms with E-state index in [1.807, 2.05) is 0 Å². The van der Waals surface area contributed by atoms with Gasteiger partial charge in [-0.3, -0.25) is 4.79 Å². The third-order valence-electron chi connectivity index (χ3n) is 6.21. The fourth-order valence-electron chi connectivity index (χ4n) is 4.49. The highest BCUT2D eigenvalue weighted by Gasteiger charge is 2.43. The van der Waals surface area contributed by atoms with E-state index in [4.69, 9.17) is 14.2 Å². The van der Waals surface area contributed by atoms with Crippen molar-refractivity contribution < 1.29 is 37.2 Å². The first kappa shape index (κ1) is 25.8. The van der Waals surface area contributed by atoms with Gasteiger partial charge in [-0.05, 0) is 30.9 Å². The molecule has 1 aliphatic heterocycles. The molecule has 0 aliphatic carbocycles. The minimum Gasteiger partial charge on any atom is -0.481 e. The highest BCUT2D eigenvalue weighted by atomic mass is 19.4. The number of rotatable bonds is 8. The second kappa shape index (κ2) is 10.4. The first-order valence-corrected chi connectivity index (χ1v) is 11.7. The summed E-state index contributed by atoms with van der Waals surface area (Å²) < 4.78 is 50.9. The monoisotopic (exact) mass is 508 g/mol. The van der Waals surface area contributed by atoms with Crippen molar-refractivity contribution in [3.63, 3.8) is 0 Å². The number of benzene rings is 1. The summed E-state index contributed by atoms with van der Waals surface area (Å²) in [5.41, 5.74) is -0.462. The van der Waals surface area contributed by atoms with E-state index in [2.05, 4.69) is 20.2 Å². The molecular formula is C24H27F3N4O5. The lowest BCUT2D eigenvalue weighted by Crippen LogP contribution is -2.38. The number of aliphatic hydroxyl groups excluding tert-OH is 1. The van der Waals surface area contributed by atoms with Crippen molar-refractivity contribution in [2.24, 2.45) is 5.92 Å². The first-order chi connectivity index (χ1) is 17.0. The number of carboxylic acid groups (broad SMARTS) is 1. The molecule has 9 nitrogen and oxygen atoms in total. The summed E-state index contributed by atoms with van der Waals surface area (Å²) in [5, 5.41) is 27.0. The lowest BCUT2D eigenvalue weighted by molar-refractivity contribution is -0.139. The average molecular weight is 508 g/mol. The summed E-state index contributed by atoms with van der Waals surface area (Å²) >= 11 is 0. The van der Waals surface area contributed by atoms with E-state index in [0.717, 1.165) is 19.4 Å². The van der Waals surface area contributed by atoms with Gasteiger partial charge in [0.05, 0.1) is 6.10 Å². The normalized spacial score (nSPS) is 18.0. The molecule has 0 bridgehead atoms. The van der Waals surface area contributed by atoms with Crippen LogP contribution in [0, 0.1) is 5.92 Å². The average Bonchev–Trinajstić information content (AvgIpc) is 3.46. The number of β-amino-alcohol motifs (C(OH)–C–C–N with tert-alkyl or cyclic N) is 1. The number of alkyl halides is 3. The Bertz CT molecular complexity index is 1190. The Morgan fingerprint density at radius 3 is 2.56 bits per heavy atom. The van der Waals surface area contributed by atoms with E-state index in [9.17, 15) is 23.1 Å². The maximum Gasteiger partial charge on any atom is 0.422 e. The van der Waals surface area contributed by atoms with E-state index in [1.54, 1.807) is 38.1 Å². The molecule has 12 heteroatoms. The van der Waals surface area contributed by atoms with Gasteiger partial charge in [0.15, 0.2) is 11.5 Å². The highest BCUT2D eigenvalue weighted by molar-refractivity contribution is 5.67. The zero-order valence-electron chi connectivity index (χ0n) is 19.8. The van der Waals surface area contributed by atoms with Gasteiger partial charge < -0.3 is 24.2 Å². The second-order valence-corrected chi connectivity index (χ2v) is 9.35. The van der Waals surface area contributed by atoms with Gasteiger partial charge in [-0.1, -0.05) is 48.4 Å². The Balaban J connectivity index is 1.46. The summed E-state index contributed by atoms with van der Waals surface area (Å²) in [6.07, 6.45) is -3.64. The molecule has 36 heavy (non-hydrogen) atoms. The molecular weight excluding hydrogens is 481 g/mol. The van der Waals surface area contributed by atoms with Crippen LogP contribution in [0.5, 0.6) is 0 Å². The number of carboxylic acids is 1. The van der Waals surface area contributed by atoms with Crippen LogP contribution in [0.3, 0.4) is 0 Å². The molecule has 0 radical (unpaired) electrons. The topological polar surface area (TPSA) is 126 Å². The molecule has 2 aromatic heterocycles. The van der Waals surface area contributed by atoms with E-state index in [0.29, 0.717) is 24.2 Å². The van der Waals surface area contributed by atoms with Crippen molar-refractivity contribution >= 4 is 5.97 Å². The minimum absolute atomic E-state index is 0.0671. The van der Waals surface area contributed by atoms with E-state index in [-0.39, 0.29) is 23.9 Å². The third-order valence-corrected chi connectivity index (χ3v) is 6.21. The molecule has 3 heterocycles. The van der Waals surface area contributed by atoms with Crippen LogP contribution >= 0.6 is 0 Å². The summed E-state index contributed by atoms with van der Waals surface area (Å²) in [6, 6.07) is 6.65. The van der Waals surface area contributed by atoms with Crippen LogP contribution in [0.2, 0.25) is 0 Å². The predicted molar refractivity (Wildman–Crippen MR) is 121 cm³/mol. The van der Waals surface area contributed by atoms with Crippen molar-refractivity contribution in [3.05, 3.63) is 41.2 Å². The lowest BCUT2D eigenvalue weighted by Gasteiger charge is -2.33. The van der Waals surface area contributed by atoms with Gasteiger partial charge in [0.2, 0.25) is 5.82 Å². The Labute approximate surface area is 204 Å². The van der Waals surface area contributed by atoms with Crippen molar-refractivity contribution in [3.8, 4) is 23.0 Å². The smallest absolute Gasteiger partial charge is 0.422 e. The van der Waals surface area contributed by atoms with Crippen LogP contribution in [0.4, 0.5) is 13.2 Å². The van der Waals surface area contributed by atoms with Crippen molar-refractivity contribution in [2.45, 2.75) is 51.3 Å². The standard InChI is InChI=1S/C24H27F3N4O5/c1-13(2)21-19(24(25,26)27)20(29-35-21)23-28-22(30-36-23)16-7-5-15(6-8-16)17(32)12-31-9-3-4-14(11-31)10-18(33)34/h5-8,13-14,17,32H,3-4,9-12H2,1-2H3,(H,33,34)/t14?,17-/m0/s1. The molecule has 3 aromatic rings. The molecule has 4 rings (SSSR count). The second-order valence-electron chi connectivity index (χ2n) is 9.35. The molecule has 2 atom stereocenters. The molecule has 1 saturated heterocycles. The van der Waals surface area contributed by atoms with Crippen molar-refractivity contribution in [1.29, 1.82) is 0 Å². The number of hydrogen-bond donors (Lipinski definition) is 2. The Kier molecular flexibility index (Phi) is 7.46. The van der Waals surface area contributed by atoms with Crippen LogP contribution in [0.25, 0.3) is 23.0 Å². The molecule has 1 fully saturated rings. The van der Waals surface area contributed by atoms with Crippen LogP contribution in [0.15, 0.2) is 33.3 Å². The largest absolute Gasteiger partial charge is 0.481 e. The number of piperidine rings is 1. The zero-order valence-corrected chi connectivity index (χ0v) is 19.8. The van der Waals surface area contributed by atoms with E-state index < -0.39 is 41.3 Å². The predicted octanol–water partition coefficient (Wildman–Crippen LogP) is 4.75. The van der Waals surface area contributed by atoms with Crippen LogP contribution in [0.1, 0.15) is 62.0 Å². The maximum absolute atomic E-state index is 13.6. The Hall–Kier alpha value is -3.25. The number of aliphatic hydroxyl groups is 1. The zero-order chi connectivity index (χ0) is 26.0. The van der Waals surface area contributed by atoms with Crippen molar-refractivity contribution in [2.75, 3.05) is 19.6 Å². The molecule has 2 N–H and O–H groups in total. The number of likely N-dealkylation sites (tertiary alicyclic amines) is 1. The minimum atomic E-state index is -4.71. The fourth-order valence-corrected chi connectivity index (χ4v) is 4.49. The summed E-state index contributed by atoms with van der Waals surface area (Å²) in [5.74, 6) is -1.94. The first-order valence-electron chi connectivity index (χ1n) is 11.7. The van der Waals surface area contributed by atoms with Crippen LogP contribution < -0.4 is 0 Å². The SMILES string of the molecule is CC(C)c1onc(-c2nc(-c3ccc([C@@H](O)CN4CCCC(CC(=O)O)C4)cc3)no2)c1C(F)(F)F. The van der Waals surface area contributed by atoms with Crippen molar-refractivity contribution in [1.82, 2.24) is 20.2 Å². The highest BCUT2D eigenvalue weighted by Crippen LogP contribution is 2.41. The number of aromatic nitrogens is 3. The molecule has 0 saturated carbocycles. The van der Waals surface area contributed by atoms with Gasteiger partial charge in [0.25, 0.3) is 5.89 Å². The van der Waals surface area contributed by atoms with Gasteiger partial charge in [-0.2, -0.15) is 18.2 Å². The summed E-state index contributed by atoms with van der Waals surface area (Å²) in [7, 11) is 0. The van der Waals surface area contributed by atoms with Gasteiger partial charge in [-0.25, -0.2) is 0 Å². The lowest BCUT2D eigenvalue weighted by atomic mass is 9.94. The molecule has 194 valence electrons. The van der Waals surface area contributed by atoms with Gasteiger partial charge in [-0.15, -0.1) is 0 Å². The molecule has 0 spiro atoms. The quantitative estimate of drug-likeness (QED) is 0.443. The molecule has 1 unspecified atom stereocenters. The molecule has 0 amide bonds. The van der Waals surface area contributed by atoms with E-state index in [1.165, 1.54) is 0 Å². The number of hydrogen-bond acceptors (Lipinski definition) is 8. The summed E-state index contributed by atoms with van der Waals surface area (Å²) in [4.78, 5) is 17.1. The Morgan fingerprint density at radius 1 is 1.19 bits per heavy atom. The van der Waals surface area contributed by atoms with Crippen LogP contribution in [-0.4, -0.2) is 56.0 Å². The van der Waals surface area contributed by atoms with Gasteiger partial charge in [0.1, 0.15) is 5.56 Å². The van der Waals surface area contributed by atoms with Gasteiger partial charge in [0, 0.05) is 31.0 Å². The number of carbonyl (C=O) groups is 1. The number of halogens is 3. The molecule has 1 aliphatic rings. The number of nitrogens with zero attached hydrogens (tertiary/aromatic N) is 4. The number of aliphatic carboxylic acids is 1. The maximum atomic E-state index is 13.6. The van der Waals surface area contributed by atoms with Crippen LogP contribution in [-0.2, 0) is 11.0 Å². The molecule has 1 aromatic carbocycles. The summed E-state index contributed by atoms with van der Waals surface area (Å²) in [6.45, 7) is 4.90. The third kappa shape index (κ3) is 5.76.